The Morgan fingerprint density at radius 2 is 2.05 bits per heavy atom. The Hall–Kier alpha value is -2.30. The number of nitrogens with one attached hydrogen (secondary N) is 1. The van der Waals surface area contributed by atoms with E-state index in [1.54, 1.807) is 12.3 Å². The first-order chi connectivity index (χ1) is 8.85. The SMILES string of the molecule is CC(C)(C)OC(=O)Nc1nccc2cc(N)ccc12. The van der Waals surface area contributed by atoms with E-state index in [0.717, 1.165) is 10.8 Å². The number of fused-ring (bicyclic) bond motifs is 1. The third-order valence-electron chi connectivity index (χ3n) is 2.41. The number of carbonyl (C=O) groups excluding carboxylic acids is 1. The number of aromatic nitrogens is 1. The molecule has 3 N–H and O–H groups in total. The molecule has 1 aromatic carbocycles. The summed E-state index contributed by atoms with van der Waals surface area (Å²) in [6.07, 6.45) is 1.10. The van der Waals surface area contributed by atoms with E-state index >= 15 is 0 Å². The lowest BCUT2D eigenvalue weighted by Crippen LogP contribution is -2.27. The first kappa shape index (κ1) is 13.1. The normalized spacial score (nSPS) is 11.3. The van der Waals surface area contributed by atoms with Crippen LogP contribution in [0, 0.1) is 0 Å². The number of ether oxygens (including phenoxy) is 1. The highest BCUT2D eigenvalue weighted by molar-refractivity contribution is 5.99. The summed E-state index contributed by atoms with van der Waals surface area (Å²) in [5.41, 5.74) is 5.85. The highest BCUT2D eigenvalue weighted by atomic mass is 16.6. The van der Waals surface area contributed by atoms with Crippen LogP contribution in [0.3, 0.4) is 0 Å². The van der Waals surface area contributed by atoms with Crippen molar-refractivity contribution in [3.8, 4) is 0 Å². The number of rotatable bonds is 1. The lowest BCUT2D eigenvalue weighted by Gasteiger charge is -2.19. The second-order valence-corrected chi connectivity index (χ2v) is 5.27. The number of pyridine rings is 1. The van der Waals surface area contributed by atoms with Crippen molar-refractivity contribution in [3.05, 3.63) is 30.5 Å². The van der Waals surface area contributed by atoms with Crippen molar-refractivity contribution in [2.24, 2.45) is 0 Å². The van der Waals surface area contributed by atoms with Gasteiger partial charge in [0.15, 0.2) is 0 Å². The van der Waals surface area contributed by atoms with Crippen LogP contribution in [0.2, 0.25) is 0 Å². The number of carbonyl (C=O) groups is 1. The van der Waals surface area contributed by atoms with Gasteiger partial charge in [-0.1, -0.05) is 0 Å². The average molecular weight is 259 g/mol. The van der Waals surface area contributed by atoms with Crippen LogP contribution >= 0.6 is 0 Å². The van der Waals surface area contributed by atoms with Gasteiger partial charge in [-0.25, -0.2) is 9.78 Å². The first-order valence-electron chi connectivity index (χ1n) is 5.99. The molecule has 0 saturated heterocycles. The van der Waals surface area contributed by atoms with E-state index in [-0.39, 0.29) is 0 Å². The molecule has 1 amide bonds. The number of nitrogen functional groups attached to an aromatic ring is 1. The molecule has 5 nitrogen and oxygen atoms in total. The highest BCUT2D eigenvalue weighted by Gasteiger charge is 2.17. The van der Waals surface area contributed by atoms with Gasteiger partial charge >= 0.3 is 6.09 Å². The van der Waals surface area contributed by atoms with Crippen LogP contribution in [0.4, 0.5) is 16.3 Å². The average Bonchev–Trinajstić information content (AvgIpc) is 2.26. The van der Waals surface area contributed by atoms with E-state index in [0.29, 0.717) is 11.5 Å². The summed E-state index contributed by atoms with van der Waals surface area (Å²) in [6.45, 7) is 5.43. The minimum absolute atomic E-state index is 0.465. The zero-order chi connectivity index (χ0) is 14.0. The Morgan fingerprint density at radius 3 is 2.74 bits per heavy atom. The molecule has 0 unspecified atom stereocenters. The van der Waals surface area contributed by atoms with E-state index in [1.807, 2.05) is 39.0 Å². The summed E-state index contributed by atoms with van der Waals surface area (Å²) in [6, 6.07) is 7.26. The third kappa shape index (κ3) is 3.34. The Bertz CT molecular complexity index is 618. The predicted molar refractivity (Wildman–Crippen MR) is 76.0 cm³/mol. The van der Waals surface area contributed by atoms with Crippen LogP contribution in [-0.4, -0.2) is 16.7 Å². The van der Waals surface area contributed by atoms with Crippen molar-refractivity contribution >= 4 is 28.4 Å². The number of nitrogens with two attached hydrogens (primary N) is 1. The Labute approximate surface area is 111 Å². The minimum Gasteiger partial charge on any atom is -0.444 e. The second-order valence-electron chi connectivity index (χ2n) is 5.27. The molecule has 1 aromatic heterocycles. The van der Waals surface area contributed by atoms with Crippen molar-refractivity contribution in [1.29, 1.82) is 0 Å². The molecule has 0 aliphatic heterocycles. The molecule has 0 bridgehead atoms. The second kappa shape index (κ2) is 4.76. The lowest BCUT2D eigenvalue weighted by molar-refractivity contribution is 0.0635. The first-order valence-corrected chi connectivity index (χ1v) is 5.99. The van der Waals surface area contributed by atoms with Crippen LogP contribution in [0.15, 0.2) is 30.5 Å². The van der Waals surface area contributed by atoms with E-state index in [2.05, 4.69) is 10.3 Å². The lowest BCUT2D eigenvalue weighted by atomic mass is 10.1. The number of hydrogen-bond acceptors (Lipinski definition) is 4. The molecule has 0 spiro atoms. The maximum absolute atomic E-state index is 11.7. The summed E-state index contributed by atoms with van der Waals surface area (Å²) in [4.78, 5) is 15.9. The van der Waals surface area contributed by atoms with Crippen LogP contribution in [-0.2, 0) is 4.74 Å². The molecule has 0 atom stereocenters. The van der Waals surface area contributed by atoms with Gasteiger partial charge in [-0.05, 0) is 50.4 Å². The fraction of sp³-hybridized carbons (Fsp3) is 0.286. The zero-order valence-corrected chi connectivity index (χ0v) is 11.2. The molecule has 1 heterocycles. The molecule has 0 aliphatic carbocycles. The molecule has 0 aliphatic rings. The Kier molecular flexibility index (Phi) is 3.29. The van der Waals surface area contributed by atoms with Crippen molar-refractivity contribution in [2.75, 3.05) is 11.1 Å². The summed E-state index contributed by atoms with van der Waals surface area (Å²) in [7, 11) is 0. The molecule has 2 rings (SSSR count). The van der Waals surface area contributed by atoms with Gasteiger partial charge in [-0.15, -0.1) is 0 Å². The quantitative estimate of drug-likeness (QED) is 0.771. The Morgan fingerprint density at radius 1 is 1.32 bits per heavy atom. The monoisotopic (exact) mass is 259 g/mol. The Balaban J connectivity index is 2.28. The van der Waals surface area contributed by atoms with E-state index in [1.165, 1.54) is 0 Å². The molecule has 0 saturated carbocycles. The van der Waals surface area contributed by atoms with Crippen molar-refractivity contribution in [1.82, 2.24) is 4.98 Å². The summed E-state index contributed by atoms with van der Waals surface area (Å²) < 4.78 is 5.20. The van der Waals surface area contributed by atoms with Gasteiger partial charge < -0.3 is 10.5 Å². The van der Waals surface area contributed by atoms with Gasteiger partial charge in [0.25, 0.3) is 0 Å². The van der Waals surface area contributed by atoms with Gasteiger partial charge in [0.2, 0.25) is 0 Å². The van der Waals surface area contributed by atoms with Crippen LogP contribution in [0.25, 0.3) is 10.8 Å². The van der Waals surface area contributed by atoms with Gasteiger partial charge in [0, 0.05) is 17.3 Å². The number of benzene rings is 1. The number of hydrogen-bond donors (Lipinski definition) is 2. The van der Waals surface area contributed by atoms with Crippen LogP contribution in [0.5, 0.6) is 0 Å². The van der Waals surface area contributed by atoms with Crippen molar-refractivity contribution in [2.45, 2.75) is 26.4 Å². The number of anilines is 2. The summed E-state index contributed by atoms with van der Waals surface area (Å²) in [5.74, 6) is 0.465. The van der Waals surface area contributed by atoms with Crippen molar-refractivity contribution in [3.63, 3.8) is 0 Å². The maximum atomic E-state index is 11.7. The van der Waals surface area contributed by atoms with Crippen LogP contribution < -0.4 is 11.1 Å². The third-order valence-corrected chi connectivity index (χ3v) is 2.41. The molecular formula is C14H17N3O2. The fourth-order valence-corrected chi connectivity index (χ4v) is 1.70. The molecule has 100 valence electrons. The predicted octanol–water partition coefficient (Wildman–Crippen LogP) is 3.16. The van der Waals surface area contributed by atoms with Gasteiger partial charge in [0.1, 0.15) is 11.4 Å². The number of nitrogens with zero attached hydrogens (tertiary/aromatic N) is 1. The topological polar surface area (TPSA) is 77.2 Å². The molecule has 0 fully saturated rings. The van der Waals surface area contributed by atoms with Gasteiger partial charge in [-0.2, -0.15) is 0 Å². The molecule has 2 aromatic rings. The summed E-state index contributed by atoms with van der Waals surface area (Å²) in [5, 5.41) is 4.39. The van der Waals surface area contributed by atoms with Gasteiger partial charge in [-0.3, -0.25) is 5.32 Å². The number of amides is 1. The molecule has 5 heteroatoms. The molecular weight excluding hydrogens is 242 g/mol. The standard InChI is InChI=1S/C14H17N3O2/c1-14(2,3)19-13(18)17-12-11-5-4-10(15)8-9(11)6-7-16-12/h4-8H,15H2,1-3H3,(H,16,17,18). The minimum atomic E-state index is -0.543. The van der Waals surface area contributed by atoms with Crippen molar-refractivity contribution < 1.29 is 9.53 Å². The largest absolute Gasteiger partial charge is 0.444 e. The van der Waals surface area contributed by atoms with Gasteiger partial charge in [0.05, 0.1) is 0 Å². The zero-order valence-electron chi connectivity index (χ0n) is 11.2. The smallest absolute Gasteiger partial charge is 0.413 e. The maximum Gasteiger partial charge on any atom is 0.413 e. The fourth-order valence-electron chi connectivity index (χ4n) is 1.70. The van der Waals surface area contributed by atoms with E-state index in [4.69, 9.17) is 10.5 Å². The molecule has 19 heavy (non-hydrogen) atoms. The van der Waals surface area contributed by atoms with E-state index < -0.39 is 11.7 Å². The van der Waals surface area contributed by atoms with E-state index in [9.17, 15) is 4.79 Å². The molecule has 0 radical (unpaired) electrons. The summed E-state index contributed by atoms with van der Waals surface area (Å²) >= 11 is 0. The van der Waals surface area contributed by atoms with Crippen LogP contribution in [0.1, 0.15) is 20.8 Å². The highest BCUT2D eigenvalue weighted by Crippen LogP contribution is 2.23.